The summed E-state index contributed by atoms with van der Waals surface area (Å²) in [5.74, 6) is 0. The van der Waals surface area contributed by atoms with E-state index in [0.29, 0.717) is 26.8 Å². The van der Waals surface area contributed by atoms with Gasteiger partial charge in [0.15, 0.2) is 0 Å². The van der Waals surface area contributed by atoms with Crippen LogP contribution in [0.25, 0.3) is 6.08 Å². The summed E-state index contributed by atoms with van der Waals surface area (Å²) in [5.41, 5.74) is 6.28. The molecule has 0 aliphatic carbocycles. The molecule has 1 aliphatic heterocycles. The van der Waals surface area contributed by atoms with Gasteiger partial charge in [-0.1, -0.05) is 11.6 Å². The highest BCUT2D eigenvalue weighted by Crippen LogP contribution is 2.36. The molecule has 1 atom stereocenters. The predicted octanol–water partition coefficient (Wildman–Crippen LogP) is 2.21. The number of benzene rings is 1. The van der Waals surface area contributed by atoms with Crippen molar-refractivity contribution in [1.29, 1.82) is 0 Å². The molecule has 0 spiro atoms. The van der Waals surface area contributed by atoms with E-state index in [0.717, 1.165) is 0 Å². The second-order valence-corrected chi connectivity index (χ2v) is 6.39. The van der Waals surface area contributed by atoms with E-state index in [1.165, 1.54) is 6.07 Å². The van der Waals surface area contributed by atoms with Crippen LogP contribution in [0.15, 0.2) is 28.0 Å². The van der Waals surface area contributed by atoms with Gasteiger partial charge in [-0.3, -0.25) is 0 Å². The fourth-order valence-electron chi connectivity index (χ4n) is 1.76. The first-order chi connectivity index (χ1) is 7.41. The topological polar surface area (TPSA) is 60.2 Å². The molecule has 1 aliphatic rings. The van der Waals surface area contributed by atoms with Crippen LogP contribution in [-0.4, -0.2) is 14.5 Å². The minimum absolute atomic E-state index is 0.175. The summed E-state index contributed by atoms with van der Waals surface area (Å²) in [6.45, 7) is 1.78. The molecule has 0 fully saturated rings. The van der Waals surface area contributed by atoms with E-state index in [1.54, 1.807) is 25.1 Å². The van der Waals surface area contributed by atoms with Crippen LogP contribution >= 0.6 is 11.6 Å². The summed E-state index contributed by atoms with van der Waals surface area (Å²) in [4.78, 5) is 0.701. The van der Waals surface area contributed by atoms with Crippen LogP contribution in [0, 0.1) is 0 Å². The summed E-state index contributed by atoms with van der Waals surface area (Å²) in [6.07, 6.45) is 2.01. The van der Waals surface area contributed by atoms with Crippen molar-refractivity contribution < 1.29 is 8.42 Å². The highest BCUT2D eigenvalue weighted by Gasteiger charge is 2.29. The summed E-state index contributed by atoms with van der Waals surface area (Å²) in [6, 6.07) is 4.60. The minimum Gasteiger partial charge on any atom is -0.328 e. The van der Waals surface area contributed by atoms with Gasteiger partial charge in [-0.25, -0.2) is 8.42 Å². The largest absolute Gasteiger partial charge is 0.328 e. The van der Waals surface area contributed by atoms with E-state index >= 15 is 0 Å². The van der Waals surface area contributed by atoms with Crippen molar-refractivity contribution in [2.45, 2.75) is 24.3 Å². The van der Waals surface area contributed by atoms with E-state index in [4.69, 9.17) is 17.3 Å². The summed E-state index contributed by atoms with van der Waals surface area (Å²) < 4.78 is 24.1. The minimum atomic E-state index is -3.34. The lowest BCUT2D eigenvalue weighted by Crippen LogP contribution is -2.17. The van der Waals surface area contributed by atoms with Crippen LogP contribution in [0.2, 0.25) is 5.02 Å². The molecule has 1 aromatic rings. The number of fused-ring (bicyclic) bond motifs is 1. The Labute approximate surface area is 99.8 Å². The normalized spacial score (nSPS) is 19.1. The Kier molecular flexibility index (Phi) is 2.82. The van der Waals surface area contributed by atoms with Crippen LogP contribution in [0.1, 0.15) is 18.9 Å². The number of hydrogen-bond acceptors (Lipinski definition) is 3. The first kappa shape index (κ1) is 11.6. The van der Waals surface area contributed by atoms with Crippen molar-refractivity contribution >= 4 is 27.5 Å². The third-order valence-electron chi connectivity index (χ3n) is 2.45. The molecule has 1 aromatic carbocycles. The maximum Gasteiger partial charge on any atom is 0.203 e. The van der Waals surface area contributed by atoms with Crippen LogP contribution in [-0.2, 0) is 9.84 Å². The number of hydrogen-bond donors (Lipinski definition) is 1. The van der Waals surface area contributed by atoms with Crippen molar-refractivity contribution in [2.75, 3.05) is 0 Å². The zero-order chi connectivity index (χ0) is 11.9. The highest BCUT2D eigenvalue weighted by atomic mass is 35.5. The fraction of sp³-hybridized carbons (Fsp3) is 0.273. The first-order valence-corrected chi connectivity index (χ1v) is 6.78. The molecule has 0 amide bonds. The number of rotatable bonds is 2. The molecule has 86 valence electrons. The van der Waals surface area contributed by atoms with Gasteiger partial charge in [-0.15, -0.1) is 0 Å². The fourth-order valence-corrected chi connectivity index (χ4v) is 3.66. The van der Waals surface area contributed by atoms with Crippen molar-refractivity contribution in [3.63, 3.8) is 0 Å². The molecular formula is C11H12ClNO2S. The molecular weight excluding hydrogens is 246 g/mol. The summed E-state index contributed by atoms with van der Waals surface area (Å²) in [5, 5.41) is 0.534. The van der Waals surface area contributed by atoms with Gasteiger partial charge in [-0.05, 0) is 43.2 Å². The number of halogens is 1. The predicted molar refractivity (Wildman–Crippen MR) is 64.9 cm³/mol. The molecule has 5 heteroatoms. The Hall–Kier alpha value is -0.840. The SMILES string of the molecule is CC(N)CC1=Cc2cc(Cl)ccc2S1(=O)=O. The lowest BCUT2D eigenvalue weighted by molar-refractivity contribution is 0.599. The lowest BCUT2D eigenvalue weighted by Gasteiger charge is -2.06. The molecule has 0 saturated carbocycles. The molecule has 3 nitrogen and oxygen atoms in total. The van der Waals surface area contributed by atoms with Gasteiger partial charge < -0.3 is 5.73 Å². The van der Waals surface area contributed by atoms with Crippen molar-refractivity contribution in [2.24, 2.45) is 5.73 Å². The Bertz CT molecular complexity index is 561. The van der Waals surface area contributed by atoms with Gasteiger partial charge in [0.05, 0.1) is 9.80 Å². The zero-order valence-electron chi connectivity index (χ0n) is 8.77. The third-order valence-corrected chi connectivity index (χ3v) is 4.61. The van der Waals surface area contributed by atoms with E-state index in [-0.39, 0.29) is 6.04 Å². The molecule has 0 radical (unpaired) electrons. The van der Waals surface area contributed by atoms with Gasteiger partial charge in [-0.2, -0.15) is 0 Å². The van der Waals surface area contributed by atoms with Gasteiger partial charge in [0, 0.05) is 11.1 Å². The van der Waals surface area contributed by atoms with E-state index in [2.05, 4.69) is 0 Å². The zero-order valence-corrected chi connectivity index (χ0v) is 10.3. The number of nitrogens with two attached hydrogens (primary N) is 1. The van der Waals surface area contributed by atoms with Gasteiger partial charge in [0.2, 0.25) is 9.84 Å². The monoisotopic (exact) mass is 257 g/mol. The molecule has 2 N–H and O–H groups in total. The molecule has 1 heterocycles. The Balaban J connectivity index is 2.52. The van der Waals surface area contributed by atoms with Crippen LogP contribution in [0.4, 0.5) is 0 Å². The second kappa shape index (κ2) is 3.87. The Morgan fingerprint density at radius 2 is 2.12 bits per heavy atom. The second-order valence-electron chi connectivity index (χ2n) is 3.98. The number of sulfone groups is 1. The highest BCUT2D eigenvalue weighted by molar-refractivity contribution is 7.95. The maximum atomic E-state index is 12.1. The molecule has 2 rings (SSSR count). The smallest absolute Gasteiger partial charge is 0.203 e. The average Bonchev–Trinajstić information content (AvgIpc) is 2.37. The van der Waals surface area contributed by atoms with E-state index < -0.39 is 9.84 Å². The summed E-state index contributed by atoms with van der Waals surface area (Å²) >= 11 is 5.82. The van der Waals surface area contributed by atoms with Crippen LogP contribution < -0.4 is 5.73 Å². The Morgan fingerprint density at radius 1 is 1.44 bits per heavy atom. The molecule has 0 bridgehead atoms. The first-order valence-electron chi connectivity index (χ1n) is 4.92. The van der Waals surface area contributed by atoms with Crippen molar-refractivity contribution in [3.8, 4) is 0 Å². The molecule has 1 unspecified atom stereocenters. The van der Waals surface area contributed by atoms with Crippen molar-refractivity contribution in [3.05, 3.63) is 33.7 Å². The van der Waals surface area contributed by atoms with E-state index in [9.17, 15) is 8.42 Å². The molecule has 0 aromatic heterocycles. The molecule has 16 heavy (non-hydrogen) atoms. The van der Waals surface area contributed by atoms with E-state index in [1.807, 2.05) is 0 Å². The Morgan fingerprint density at radius 3 is 2.75 bits per heavy atom. The van der Waals surface area contributed by atoms with Gasteiger partial charge in [0.1, 0.15) is 0 Å². The third kappa shape index (κ3) is 1.88. The summed E-state index contributed by atoms with van der Waals surface area (Å²) in [7, 11) is -3.34. The average molecular weight is 258 g/mol. The van der Waals surface area contributed by atoms with Crippen molar-refractivity contribution in [1.82, 2.24) is 0 Å². The van der Waals surface area contributed by atoms with Crippen LogP contribution in [0.5, 0.6) is 0 Å². The quantitative estimate of drug-likeness (QED) is 0.884. The van der Waals surface area contributed by atoms with Crippen LogP contribution in [0.3, 0.4) is 0 Å². The molecule has 0 saturated heterocycles. The maximum absolute atomic E-state index is 12.1. The lowest BCUT2D eigenvalue weighted by atomic mass is 10.1. The standard InChI is InChI=1S/C11H12ClNO2S/c1-7(13)4-10-6-8-5-9(12)2-3-11(8)16(10,14)15/h2-3,5-7H,4,13H2,1H3. The van der Waals surface area contributed by atoms with Gasteiger partial charge >= 0.3 is 0 Å². The van der Waals surface area contributed by atoms with Gasteiger partial charge in [0.25, 0.3) is 0 Å².